The average molecular weight is 240 g/mol. The summed E-state index contributed by atoms with van der Waals surface area (Å²) in [6.07, 6.45) is 3.85. The van der Waals surface area contributed by atoms with Crippen LogP contribution in [-0.4, -0.2) is 11.0 Å². The molecule has 0 unspecified atom stereocenters. The quantitative estimate of drug-likeness (QED) is 0.884. The standard InChI is InChI=1S/C16H20N2/c1-12(2)18-10-14-8-16(11-17-9-14)15-6-4-5-13(3)7-15/h4-9,11-12,18H,10H2,1-3H3. The van der Waals surface area contributed by atoms with E-state index in [1.54, 1.807) is 0 Å². The third-order valence-electron chi connectivity index (χ3n) is 2.86. The Labute approximate surface area is 109 Å². The van der Waals surface area contributed by atoms with Gasteiger partial charge in [-0.05, 0) is 24.1 Å². The summed E-state index contributed by atoms with van der Waals surface area (Å²) in [7, 11) is 0. The van der Waals surface area contributed by atoms with Crippen LogP contribution in [0.4, 0.5) is 0 Å². The maximum atomic E-state index is 4.33. The van der Waals surface area contributed by atoms with Gasteiger partial charge in [0.05, 0.1) is 0 Å². The van der Waals surface area contributed by atoms with E-state index >= 15 is 0 Å². The smallest absolute Gasteiger partial charge is 0.0346 e. The number of nitrogens with one attached hydrogen (secondary N) is 1. The van der Waals surface area contributed by atoms with E-state index in [2.05, 4.69) is 61.4 Å². The first-order valence-corrected chi connectivity index (χ1v) is 6.39. The molecule has 18 heavy (non-hydrogen) atoms. The lowest BCUT2D eigenvalue weighted by Gasteiger charge is -2.09. The van der Waals surface area contributed by atoms with E-state index in [0.29, 0.717) is 6.04 Å². The molecule has 0 amide bonds. The van der Waals surface area contributed by atoms with Crippen LogP contribution in [0.1, 0.15) is 25.0 Å². The van der Waals surface area contributed by atoms with Crippen molar-refractivity contribution >= 4 is 0 Å². The van der Waals surface area contributed by atoms with Gasteiger partial charge in [0, 0.05) is 30.5 Å². The van der Waals surface area contributed by atoms with Crippen LogP contribution in [-0.2, 0) is 6.54 Å². The molecule has 2 heteroatoms. The van der Waals surface area contributed by atoms with Gasteiger partial charge in [-0.15, -0.1) is 0 Å². The van der Waals surface area contributed by atoms with Crippen molar-refractivity contribution in [3.63, 3.8) is 0 Å². The molecule has 94 valence electrons. The van der Waals surface area contributed by atoms with E-state index < -0.39 is 0 Å². The molecule has 0 saturated heterocycles. The van der Waals surface area contributed by atoms with Gasteiger partial charge in [-0.2, -0.15) is 0 Å². The van der Waals surface area contributed by atoms with Gasteiger partial charge in [0.1, 0.15) is 0 Å². The lowest BCUT2D eigenvalue weighted by atomic mass is 10.0. The van der Waals surface area contributed by atoms with Crippen LogP contribution >= 0.6 is 0 Å². The number of benzene rings is 1. The summed E-state index contributed by atoms with van der Waals surface area (Å²) in [5.41, 5.74) is 4.91. The van der Waals surface area contributed by atoms with Crippen molar-refractivity contribution in [1.29, 1.82) is 0 Å². The van der Waals surface area contributed by atoms with Crippen LogP contribution in [0.5, 0.6) is 0 Å². The molecule has 0 radical (unpaired) electrons. The van der Waals surface area contributed by atoms with Crippen molar-refractivity contribution in [2.45, 2.75) is 33.4 Å². The maximum Gasteiger partial charge on any atom is 0.0346 e. The van der Waals surface area contributed by atoms with Crippen molar-refractivity contribution < 1.29 is 0 Å². The number of aromatic nitrogens is 1. The average Bonchev–Trinajstić information content (AvgIpc) is 2.37. The molecule has 2 rings (SSSR count). The summed E-state index contributed by atoms with van der Waals surface area (Å²) < 4.78 is 0. The van der Waals surface area contributed by atoms with Crippen molar-refractivity contribution in [2.24, 2.45) is 0 Å². The Morgan fingerprint density at radius 3 is 2.67 bits per heavy atom. The second-order valence-electron chi connectivity index (χ2n) is 4.99. The number of hydrogen-bond acceptors (Lipinski definition) is 2. The Morgan fingerprint density at radius 2 is 1.94 bits per heavy atom. The Kier molecular flexibility index (Phi) is 4.11. The molecule has 0 atom stereocenters. The number of nitrogens with zero attached hydrogens (tertiary/aromatic N) is 1. The minimum absolute atomic E-state index is 0.493. The maximum absolute atomic E-state index is 4.33. The fraction of sp³-hybridized carbons (Fsp3) is 0.312. The van der Waals surface area contributed by atoms with Gasteiger partial charge in [-0.1, -0.05) is 43.7 Å². The zero-order chi connectivity index (χ0) is 13.0. The Bertz CT molecular complexity index is 518. The fourth-order valence-corrected chi connectivity index (χ4v) is 1.89. The molecule has 0 bridgehead atoms. The highest BCUT2D eigenvalue weighted by molar-refractivity contribution is 5.63. The van der Waals surface area contributed by atoms with Gasteiger partial charge in [-0.3, -0.25) is 4.98 Å². The zero-order valence-electron chi connectivity index (χ0n) is 11.3. The minimum atomic E-state index is 0.493. The van der Waals surface area contributed by atoms with Gasteiger partial charge in [-0.25, -0.2) is 0 Å². The second-order valence-corrected chi connectivity index (χ2v) is 4.99. The first-order valence-electron chi connectivity index (χ1n) is 6.39. The molecule has 2 nitrogen and oxygen atoms in total. The van der Waals surface area contributed by atoms with E-state index in [0.717, 1.165) is 6.54 Å². The lowest BCUT2D eigenvalue weighted by Crippen LogP contribution is -2.21. The summed E-state index contributed by atoms with van der Waals surface area (Å²) in [5, 5.41) is 3.41. The van der Waals surface area contributed by atoms with Crippen molar-refractivity contribution in [3.8, 4) is 11.1 Å². The van der Waals surface area contributed by atoms with Gasteiger partial charge in [0.2, 0.25) is 0 Å². The molecule has 1 aromatic carbocycles. The van der Waals surface area contributed by atoms with E-state index in [1.807, 2.05) is 12.4 Å². The van der Waals surface area contributed by atoms with Crippen molar-refractivity contribution in [3.05, 3.63) is 53.9 Å². The summed E-state index contributed by atoms with van der Waals surface area (Å²) in [6, 6.07) is 11.2. The van der Waals surface area contributed by atoms with Crippen LogP contribution < -0.4 is 5.32 Å². The van der Waals surface area contributed by atoms with E-state index in [-0.39, 0.29) is 0 Å². The Balaban J connectivity index is 2.21. The first kappa shape index (κ1) is 12.8. The molecule has 1 aromatic heterocycles. The molecule has 1 heterocycles. The molecule has 0 spiro atoms. The summed E-state index contributed by atoms with van der Waals surface area (Å²) in [5.74, 6) is 0. The fourth-order valence-electron chi connectivity index (χ4n) is 1.89. The number of aryl methyl sites for hydroxylation is 1. The Morgan fingerprint density at radius 1 is 1.11 bits per heavy atom. The molecule has 2 aromatic rings. The molecule has 0 aliphatic carbocycles. The lowest BCUT2D eigenvalue weighted by molar-refractivity contribution is 0.588. The summed E-state index contributed by atoms with van der Waals surface area (Å²) >= 11 is 0. The van der Waals surface area contributed by atoms with Gasteiger partial charge < -0.3 is 5.32 Å². The van der Waals surface area contributed by atoms with E-state index in [9.17, 15) is 0 Å². The van der Waals surface area contributed by atoms with Crippen LogP contribution in [0.2, 0.25) is 0 Å². The van der Waals surface area contributed by atoms with E-state index in [1.165, 1.54) is 22.3 Å². The third-order valence-corrected chi connectivity index (χ3v) is 2.86. The topological polar surface area (TPSA) is 24.9 Å². The predicted molar refractivity (Wildman–Crippen MR) is 76.4 cm³/mol. The molecule has 0 aliphatic rings. The first-order chi connectivity index (χ1) is 8.65. The number of hydrogen-bond donors (Lipinski definition) is 1. The SMILES string of the molecule is Cc1cccc(-c2cncc(CNC(C)C)c2)c1. The predicted octanol–water partition coefficient (Wildman–Crippen LogP) is 3.56. The van der Waals surface area contributed by atoms with Crippen molar-refractivity contribution in [1.82, 2.24) is 10.3 Å². The minimum Gasteiger partial charge on any atom is -0.310 e. The van der Waals surface area contributed by atoms with Crippen LogP contribution in [0, 0.1) is 6.92 Å². The Hall–Kier alpha value is -1.67. The van der Waals surface area contributed by atoms with Crippen molar-refractivity contribution in [2.75, 3.05) is 0 Å². The molecule has 0 saturated carbocycles. The molecular formula is C16H20N2. The molecular weight excluding hydrogens is 220 g/mol. The number of pyridine rings is 1. The van der Waals surface area contributed by atoms with Crippen LogP contribution in [0.3, 0.4) is 0 Å². The molecule has 0 fully saturated rings. The van der Waals surface area contributed by atoms with Gasteiger partial charge in [0.25, 0.3) is 0 Å². The highest BCUT2D eigenvalue weighted by Crippen LogP contribution is 2.20. The van der Waals surface area contributed by atoms with Gasteiger partial charge >= 0.3 is 0 Å². The highest BCUT2D eigenvalue weighted by atomic mass is 14.9. The molecule has 0 aliphatic heterocycles. The second kappa shape index (κ2) is 5.78. The van der Waals surface area contributed by atoms with Gasteiger partial charge in [0.15, 0.2) is 0 Å². The van der Waals surface area contributed by atoms with Crippen LogP contribution in [0.15, 0.2) is 42.7 Å². The summed E-state index contributed by atoms with van der Waals surface area (Å²) in [4.78, 5) is 4.33. The van der Waals surface area contributed by atoms with E-state index in [4.69, 9.17) is 0 Å². The monoisotopic (exact) mass is 240 g/mol. The molecule has 1 N–H and O–H groups in total. The largest absolute Gasteiger partial charge is 0.310 e. The third kappa shape index (κ3) is 3.41. The zero-order valence-corrected chi connectivity index (χ0v) is 11.3. The number of rotatable bonds is 4. The normalized spacial score (nSPS) is 10.9. The summed E-state index contributed by atoms with van der Waals surface area (Å²) in [6.45, 7) is 7.28. The van der Waals surface area contributed by atoms with Crippen LogP contribution in [0.25, 0.3) is 11.1 Å². The highest BCUT2D eigenvalue weighted by Gasteiger charge is 2.01.